The molecule has 4 rings (SSSR count). The van der Waals surface area contributed by atoms with Crippen molar-refractivity contribution in [1.29, 1.82) is 0 Å². The van der Waals surface area contributed by atoms with Gasteiger partial charge in [0.05, 0.1) is 0 Å². The zero-order valence-corrected chi connectivity index (χ0v) is 20.9. The summed E-state index contributed by atoms with van der Waals surface area (Å²) in [6.45, 7) is 7.11. The van der Waals surface area contributed by atoms with Gasteiger partial charge in [-0.15, -0.1) is 0 Å². The van der Waals surface area contributed by atoms with Gasteiger partial charge in [0.2, 0.25) is 0 Å². The van der Waals surface area contributed by atoms with Crippen LogP contribution in [0.15, 0.2) is 11.6 Å². The Morgan fingerprint density at radius 1 is 0.938 bits per heavy atom. The van der Waals surface area contributed by atoms with Crippen molar-refractivity contribution < 1.29 is 14.3 Å². The Labute approximate surface area is 196 Å². The first-order chi connectivity index (χ1) is 15.4. The largest absolute Gasteiger partial charge is 0.462 e. The van der Waals surface area contributed by atoms with Gasteiger partial charge in [0.1, 0.15) is 6.10 Å². The Hall–Kier alpha value is -1.12. The quantitative estimate of drug-likeness (QED) is 0.273. The van der Waals surface area contributed by atoms with Crippen molar-refractivity contribution in [2.75, 3.05) is 0 Å². The van der Waals surface area contributed by atoms with Crippen molar-refractivity contribution in [2.24, 2.45) is 28.6 Å². The van der Waals surface area contributed by atoms with E-state index in [0.717, 1.165) is 44.4 Å². The van der Waals surface area contributed by atoms with Crippen LogP contribution in [0.1, 0.15) is 124 Å². The number of carbonyl (C=O) groups excluding carboxylic acids is 2. The van der Waals surface area contributed by atoms with Gasteiger partial charge >= 0.3 is 5.97 Å². The van der Waals surface area contributed by atoms with Gasteiger partial charge in [0.25, 0.3) is 0 Å². The number of allylic oxidation sites excluding steroid dienone is 1. The fourth-order valence-electron chi connectivity index (χ4n) is 8.15. The highest BCUT2D eigenvalue weighted by Gasteiger charge is 2.59. The summed E-state index contributed by atoms with van der Waals surface area (Å²) in [6, 6.07) is 0. The van der Waals surface area contributed by atoms with Gasteiger partial charge in [-0.1, -0.05) is 64.9 Å². The number of fused-ring (bicyclic) bond motifs is 5. The molecule has 0 aliphatic heterocycles. The Kier molecular flexibility index (Phi) is 7.52. The lowest BCUT2D eigenvalue weighted by atomic mass is 9.47. The minimum absolute atomic E-state index is 0.0409. The summed E-state index contributed by atoms with van der Waals surface area (Å²) in [7, 11) is 0. The van der Waals surface area contributed by atoms with E-state index in [-0.39, 0.29) is 22.9 Å². The molecule has 0 N–H and O–H groups in total. The molecule has 0 radical (unpaired) electrons. The Bertz CT molecular complexity index is 724. The maximum Gasteiger partial charge on any atom is 0.306 e. The summed E-state index contributed by atoms with van der Waals surface area (Å²) in [5, 5.41) is 0. The van der Waals surface area contributed by atoms with Crippen LogP contribution in [0.4, 0.5) is 0 Å². The molecule has 0 amide bonds. The fourth-order valence-corrected chi connectivity index (χ4v) is 8.15. The van der Waals surface area contributed by atoms with Gasteiger partial charge < -0.3 is 4.74 Å². The topological polar surface area (TPSA) is 43.4 Å². The first-order valence-corrected chi connectivity index (χ1v) is 13.8. The van der Waals surface area contributed by atoms with Gasteiger partial charge in [-0.2, -0.15) is 0 Å². The normalized spacial score (nSPS) is 38.5. The first kappa shape index (κ1) is 24.0. The molecule has 4 aliphatic carbocycles. The van der Waals surface area contributed by atoms with Crippen LogP contribution in [0.2, 0.25) is 0 Å². The van der Waals surface area contributed by atoms with E-state index in [2.05, 4.69) is 20.8 Å². The first-order valence-electron chi connectivity index (χ1n) is 13.8. The summed E-state index contributed by atoms with van der Waals surface area (Å²) < 4.78 is 6.16. The summed E-state index contributed by atoms with van der Waals surface area (Å²) in [5.74, 6) is 2.49. The highest BCUT2D eigenvalue weighted by atomic mass is 16.5. The molecule has 0 spiro atoms. The minimum atomic E-state index is 0.0409. The van der Waals surface area contributed by atoms with Crippen LogP contribution in [-0.4, -0.2) is 17.9 Å². The molecule has 180 valence electrons. The molecule has 4 aliphatic rings. The fraction of sp³-hybridized carbons (Fsp3) is 0.862. The molecule has 6 atom stereocenters. The molecule has 3 fully saturated rings. The maximum atomic E-state index is 12.6. The van der Waals surface area contributed by atoms with Crippen LogP contribution in [0.25, 0.3) is 0 Å². The smallest absolute Gasteiger partial charge is 0.306 e. The second kappa shape index (κ2) is 10.0. The van der Waals surface area contributed by atoms with E-state index >= 15 is 0 Å². The number of carbonyl (C=O) groups is 2. The molecular weight excluding hydrogens is 396 g/mol. The van der Waals surface area contributed by atoms with Crippen LogP contribution in [0.5, 0.6) is 0 Å². The van der Waals surface area contributed by atoms with E-state index in [1.807, 2.05) is 6.08 Å². The Morgan fingerprint density at radius 3 is 2.47 bits per heavy atom. The number of hydrogen-bond donors (Lipinski definition) is 0. The van der Waals surface area contributed by atoms with Crippen molar-refractivity contribution in [3.05, 3.63) is 11.6 Å². The van der Waals surface area contributed by atoms with Crippen LogP contribution < -0.4 is 0 Å². The lowest BCUT2D eigenvalue weighted by Gasteiger charge is -2.57. The molecule has 3 nitrogen and oxygen atoms in total. The average molecular weight is 443 g/mol. The summed E-state index contributed by atoms with van der Waals surface area (Å²) in [6.07, 6.45) is 20.1. The van der Waals surface area contributed by atoms with Gasteiger partial charge in [-0.25, -0.2) is 0 Å². The molecule has 0 heterocycles. The molecule has 0 aromatic carbocycles. The number of esters is 1. The van der Waals surface area contributed by atoms with Crippen molar-refractivity contribution in [1.82, 2.24) is 0 Å². The lowest BCUT2D eigenvalue weighted by Crippen LogP contribution is -2.51. The van der Waals surface area contributed by atoms with E-state index < -0.39 is 0 Å². The number of ketones is 1. The SMILES string of the molecule is CCCCCCCCCC(=O)O[C@H]1CC[C@@H]2[C@@H]3CCC4=CC(=O)CC[C@]4(C)[C@H]3CC[C@]12C. The lowest BCUT2D eigenvalue weighted by molar-refractivity contribution is -0.160. The van der Waals surface area contributed by atoms with Crippen LogP contribution in [-0.2, 0) is 14.3 Å². The Morgan fingerprint density at radius 2 is 1.69 bits per heavy atom. The van der Waals surface area contributed by atoms with E-state index in [4.69, 9.17) is 4.74 Å². The second-order valence-corrected chi connectivity index (χ2v) is 11.9. The van der Waals surface area contributed by atoms with Crippen molar-refractivity contribution in [3.63, 3.8) is 0 Å². The maximum absolute atomic E-state index is 12.6. The van der Waals surface area contributed by atoms with Gasteiger partial charge in [0.15, 0.2) is 5.78 Å². The number of ether oxygens (including phenoxy) is 1. The molecule has 32 heavy (non-hydrogen) atoms. The Balaban J connectivity index is 1.31. The van der Waals surface area contributed by atoms with Crippen LogP contribution in [0, 0.1) is 28.6 Å². The number of unbranched alkanes of at least 4 members (excludes halogenated alkanes) is 6. The average Bonchev–Trinajstić information content (AvgIpc) is 3.10. The summed E-state index contributed by atoms with van der Waals surface area (Å²) >= 11 is 0. The predicted octanol–water partition coefficient (Wildman–Crippen LogP) is 7.57. The van der Waals surface area contributed by atoms with Crippen LogP contribution >= 0.6 is 0 Å². The van der Waals surface area contributed by atoms with Crippen molar-refractivity contribution in [2.45, 2.75) is 130 Å². The zero-order valence-electron chi connectivity index (χ0n) is 20.9. The highest BCUT2D eigenvalue weighted by Crippen LogP contribution is 2.65. The standard InChI is InChI=1S/C29H46O3/c1-4-5-6-7-8-9-10-11-27(31)32-26-15-14-24-23-13-12-21-20-22(30)16-18-28(21,2)25(23)17-19-29(24,26)3/h20,23-26H,4-19H2,1-3H3/t23-,24+,25-,26-,28-,29-/m0/s1. The third-order valence-electron chi connectivity index (χ3n) is 10.1. The third-order valence-corrected chi connectivity index (χ3v) is 10.1. The summed E-state index contributed by atoms with van der Waals surface area (Å²) in [5.41, 5.74) is 1.82. The zero-order chi connectivity index (χ0) is 22.8. The van der Waals surface area contributed by atoms with Gasteiger partial charge in [-0.3, -0.25) is 9.59 Å². The second-order valence-electron chi connectivity index (χ2n) is 11.9. The van der Waals surface area contributed by atoms with Gasteiger partial charge in [-0.05, 0) is 80.6 Å². The number of rotatable bonds is 9. The van der Waals surface area contributed by atoms with Gasteiger partial charge in [0, 0.05) is 18.3 Å². The molecular formula is C29H46O3. The number of hydrogen-bond acceptors (Lipinski definition) is 3. The molecule has 0 saturated heterocycles. The van der Waals surface area contributed by atoms with E-state index in [9.17, 15) is 9.59 Å². The van der Waals surface area contributed by atoms with Crippen molar-refractivity contribution >= 4 is 11.8 Å². The minimum Gasteiger partial charge on any atom is -0.462 e. The highest BCUT2D eigenvalue weighted by molar-refractivity contribution is 5.91. The molecule has 0 bridgehead atoms. The van der Waals surface area contributed by atoms with Crippen LogP contribution in [0.3, 0.4) is 0 Å². The monoisotopic (exact) mass is 442 g/mol. The van der Waals surface area contributed by atoms with E-state index in [0.29, 0.717) is 24.0 Å². The molecule has 0 unspecified atom stereocenters. The van der Waals surface area contributed by atoms with Crippen molar-refractivity contribution in [3.8, 4) is 0 Å². The molecule has 0 aromatic heterocycles. The predicted molar refractivity (Wildman–Crippen MR) is 129 cm³/mol. The van der Waals surface area contributed by atoms with E-state index in [1.54, 1.807) is 0 Å². The van der Waals surface area contributed by atoms with E-state index in [1.165, 1.54) is 63.4 Å². The molecule has 0 aromatic rings. The molecule has 3 heteroatoms. The molecule has 3 saturated carbocycles. The third kappa shape index (κ3) is 4.60. The summed E-state index contributed by atoms with van der Waals surface area (Å²) in [4.78, 5) is 24.7.